The highest BCUT2D eigenvalue weighted by Crippen LogP contribution is 2.20. The van der Waals surface area contributed by atoms with Gasteiger partial charge in [-0.15, -0.1) is 0 Å². The summed E-state index contributed by atoms with van der Waals surface area (Å²) in [4.78, 5) is 47.0. The summed E-state index contributed by atoms with van der Waals surface area (Å²) in [5, 5.41) is 0. The topological polar surface area (TPSA) is 96.2 Å². The molecule has 1 amide bonds. The lowest BCUT2D eigenvalue weighted by Gasteiger charge is -2.34. The van der Waals surface area contributed by atoms with Gasteiger partial charge in [-0.1, -0.05) is 42.5 Å². The van der Waals surface area contributed by atoms with Crippen LogP contribution in [0.4, 0.5) is 0 Å². The number of H-pyrrole nitrogens is 1. The van der Waals surface area contributed by atoms with E-state index in [2.05, 4.69) is 44.8 Å². The Kier molecular flexibility index (Phi) is 6.58. The fourth-order valence-corrected chi connectivity index (χ4v) is 4.54. The molecule has 1 fully saturated rings. The Morgan fingerprint density at radius 2 is 1.63 bits per heavy atom. The van der Waals surface area contributed by atoms with E-state index in [-0.39, 0.29) is 18.9 Å². The molecule has 3 heterocycles. The molecule has 180 valence electrons. The highest BCUT2D eigenvalue weighted by Gasteiger charge is 2.23. The third-order valence-electron chi connectivity index (χ3n) is 6.47. The number of para-hydroxylation sites is 2. The van der Waals surface area contributed by atoms with E-state index in [1.165, 1.54) is 22.4 Å². The molecule has 2 aromatic heterocycles. The Bertz CT molecular complexity index is 1430. The predicted molar refractivity (Wildman–Crippen MR) is 133 cm³/mol. The van der Waals surface area contributed by atoms with Crippen molar-refractivity contribution in [2.75, 3.05) is 26.2 Å². The Morgan fingerprint density at radius 1 is 0.886 bits per heavy atom. The van der Waals surface area contributed by atoms with E-state index in [1.807, 2.05) is 29.2 Å². The number of nitrogens with one attached hydrogen (secondary N) is 1. The van der Waals surface area contributed by atoms with Crippen molar-refractivity contribution in [1.29, 1.82) is 0 Å². The van der Waals surface area contributed by atoms with Crippen molar-refractivity contribution >= 4 is 16.9 Å². The van der Waals surface area contributed by atoms with Crippen LogP contribution in [0.1, 0.15) is 17.8 Å². The van der Waals surface area contributed by atoms with E-state index < -0.39 is 11.2 Å². The second-order valence-corrected chi connectivity index (χ2v) is 8.80. The number of hydrogen-bond acceptors (Lipinski definition) is 5. The Hall–Kier alpha value is -3.98. The number of aromatic amines is 1. The molecule has 0 atom stereocenters. The van der Waals surface area contributed by atoms with Crippen LogP contribution in [0, 0.1) is 0 Å². The first-order valence-electron chi connectivity index (χ1n) is 11.8. The predicted octanol–water partition coefficient (Wildman–Crippen LogP) is 1.67. The SMILES string of the molecule is O=C(CCn1ccc(=O)[nH]c1=O)N1CCN(Cc2nc3ccccc3n2Cc2ccccc2)CC1. The first kappa shape index (κ1) is 22.8. The average molecular weight is 473 g/mol. The summed E-state index contributed by atoms with van der Waals surface area (Å²) in [7, 11) is 0. The number of amides is 1. The molecule has 1 aliphatic heterocycles. The van der Waals surface area contributed by atoms with Crippen LogP contribution in [0.15, 0.2) is 76.4 Å². The van der Waals surface area contributed by atoms with Crippen molar-refractivity contribution in [3.63, 3.8) is 0 Å². The maximum absolute atomic E-state index is 12.7. The summed E-state index contributed by atoms with van der Waals surface area (Å²) >= 11 is 0. The molecule has 9 nitrogen and oxygen atoms in total. The fraction of sp³-hybridized carbons (Fsp3) is 0.308. The molecular formula is C26H28N6O3. The van der Waals surface area contributed by atoms with Gasteiger partial charge in [0.25, 0.3) is 5.56 Å². The summed E-state index contributed by atoms with van der Waals surface area (Å²) in [6.07, 6.45) is 1.65. The van der Waals surface area contributed by atoms with Crippen molar-refractivity contribution in [2.45, 2.75) is 26.1 Å². The largest absolute Gasteiger partial charge is 0.340 e. The van der Waals surface area contributed by atoms with Crippen molar-refractivity contribution in [3.8, 4) is 0 Å². The zero-order chi connectivity index (χ0) is 24.2. The fourth-order valence-electron chi connectivity index (χ4n) is 4.54. The average Bonchev–Trinajstić information content (AvgIpc) is 3.21. The Balaban J connectivity index is 1.21. The third-order valence-corrected chi connectivity index (χ3v) is 6.47. The van der Waals surface area contributed by atoms with Crippen LogP contribution >= 0.6 is 0 Å². The first-order valence-corrected chi connectivity index (χ1v) is 11.8. The van der Waals surface area contributed by atoms with Crippen molar-refractivity contribution < 1.29 is 4.79 Å². The number of carbonyl (C=O) groups is 1. The maximum atomic E-state index is 12.7. The van der Waals surface area contributed by atoms with Crippen LogP contribution in [0.25, 0.3) is 11.0 Å². The molecule has 2 aromatic carbocycles. The molecule has 1 N–H and O–H groups in total. The second-order valence-electron chi connectivity index (χ2n) is 8.80. The number of piperazine rings is 1. The van der Waals surface area contributed by atoms with Crippen molar-refractivity contribution in [1.82, 2.24) is 28.9 Å². The molecular weight excluding hydrogens is 444 g/mol. The summed E-state index contributed by atoms with van der Waals surface area (Å²) in [6.45, 7) is 4.53. The monoisotopic (exact) mass is 472 g/mol. The van der Waals surface area contributed by atoms with Gasteiger partial charge in [-0.25, -0.2) is 9.78 Å². The van der Waals surface area contributed by atoms with Crippen LogP contribution in [0.2, 0.25) is 0 Å². The molecule has 0 aliphatic carbocycles. The van der Waals surface area contributed by atoms with E-state index in [1.54, 1.807) is 0 Å². The van der Waals surface area contributed by atoms with Gasteiger partial charge >= 0.3 is 5.69 Å². The van der Waals surface area contributed by atoms with Gasteiger partial charge in [-0.3, -0.25) is 19.5 Å². The number of aryl methyl sites for hydroxylation is 1. The van der Waals surface area contributed by atoms with Crippen LogP contribution in [0.3, 0.4) is 0 Å². The summed E-state index contributed by atoms with van der Waals surface area (Å²) < 4.78 is 3.64. The van der Waals surface area contributed by atoms with Crippen molar-refractivity contribution in [3.05, 3.63) is 99.1 Å². The van der Waals surface area contributed by atoms with Gasteiger partial charge in [0, 0.05) is 58.0 Å². The number of hydrogen-bond donors (Lipinski definition) is 1. The lowest BCUT2D eigenvalue weighted by Crippen LogP contribution is -2.48. The second kappa shape index (κ2) is 10.1. The van der Waals surface area contributed by atoms with Gasteiger partial charge in [0.1, 0.15) is 5.82 Å². The molecule has 0 unspecified atom stereocenters. The van der Waals surface area contributed by atoms with Crippen molar-refractivity contribution in [2.24, 2.45) is 0 Å². The lowest BCUT2D eigenvalue weighted by molar-refractivity contribution is -0.133. The van der Waals surface area contributed by atoms with Gasteiger partial charge < -0.3 is 14.0 Å². The minimum absolute atomic E-state index is 0.0130. The Morgan fingerprint density at radius 3 is 2.40 bits per heavy atom. The third kappa shape index (κ3) is 5.25. The van der Waals surface area contributed by atoms with Crippen LogP contribution in [-0.2, 0) is 24.4 Å². The number of imidazole rings is 1. The number of aromatic nitrogens is 4. The van der Waals surface area contributed by atoms with E-state index >= 15 is 0 Å². The Labute approximate surface area is 202 Å². The van der Waals surface area contributed by atoms with Crippen LogP contribution < -0.4 is 11.2 Å². The number of carbonyl (C=O) groups excluding carboxylic acids is 1. The van der Waals surface area contributed by atoms with E-state index in [4.69, 9.17) is 4.98 Å². The number of fused-ring (bicyclic) bond motifs is 1. The quantitative estimate of drug-likeness (QED) is 0.441. The van der Waals surface area contributed by atoms with E-state index in [0.717, 1.165) is 43.0 Å². The molecule has 0 bridgehead atoms. The molecule has 35 heavy (non-hydrogen) atoms. The highest BCUT2D eigenvalue weighted by atomic mass is 16.2. The number of benzene rings is 2. The number of rotatable bonds is 7. The molecule has 0 saturated carbocycles. The summed E-state index contributed by atoms with van der Waals surface area (Å²) in [5.41, 5.74) is 2.41. The zero-order valence-electron chi connectivity index (χ0n) is 19.5. The maximum Gasteiger partial charge on any atom is 0.328 e. The van der Waals surface area contributed by atoms with Crippen LogP contribution in [0.5, 0.6) is 0 Å². The van der Waals surface area contributed by atoms with Gasteiger partial charge in [0.2, 0.25) is 5.91 Å². The first-order chi connectivity index (χ1) is 17.1. The molecule has 4 aromatic rings. The molecule has 0 radical (unpaired) electrons. The van der Waals surface area contributed by atoms with E-state index in [0.29, 0.717) is 13.1 Å². The van der Waals surface area contributed by atoms with Crippen LogP contribution in [-0.4, -0.2) is 61.0 Å². The lowest BCUT2D eigenvalue weighted by atomic mass is 10.2. The molecule has 0 spiro atoms. The summed E-state index contributed by atoms with van der Waals surface area (Å²) in [6, 6.07) is 19.9. The zero-order valence-corrected chi connectivity index (χ0v) is 19.5. The number of nitrogens with zero attached hydrogens (tertiary/aromatic N) is 5. The normalized spacial score (nSPS) is 14.5. The standard InChI is InChI=1S/C26H28N6O3/c33-24-10-12-31(26(35)28-24)13-11-25(34)30-16-14-29(15-17-30)19-23-27-21-8-4-5-9-22(21)32(23)18-20-6-2-1-3-7-20/h1-10,12H,11,13-19H2,(H,28,33,35). The molecule has 9 heteroatoms. The minimum Gasteiger partial charge on any atom is -0.340 e. The summed E-state index contributed by atoms with van der Waals surface area (Å²) in [5.74, 6) is 1.03. The molecule has 1 aliphatic rings. The van der Waals surface area contributed by atoms with E-state index in [9.17, 15) is 14.4 Å². The van der Waals surface area contributed by atoms with Gasteiger partial charge in [-0.05, 0) is 17.7 Å². The van der Waals surface area contributed by atoms with Gasteiger partial charge in [-0.2, -0.15) is 0 Å². The molecule has 5 rings (SSSR count). The molecule has 1 saturated heterocycles. The van der Waals surface area contributed by atoms with Gasteiger partial charge in [0.05, 0.1) is 17.6 Å². The van der Waals surface area contributed by atoms with Gasteiger partial charge in [0.15, 0.2) is 0 Å². The minimum atomic E-state index is -0.492. The highest BCUT2D eigenvalue weighted by molar-refractivity contribution is 5.76. The smallest absolute Gasteiger partial charge is 0.328 e.